The summed E-state index contributed by atoms with van der Waals surface area (Å²) < 4.78 is 27.8. The van der Waals surface area contributed by atoms with E-state index >= 15 is 0 Å². The molecule has 6 heteroatoms. The van der Waals surface area contributed by atoms with Gasteiger partial charge >= 0.3 is 0 Å². The molecule has 21 heavy (non-hydrogen) atoms. The number of thiophene rings is 1. The molecule has 2 fully saturated rings. The van der Waals surface area contributed by atoms with Crippen LogP contribution in [0.1, 0.15) is 43.9 Å². The zero-order valence-corrected chi connectivity index (χ0v) is 14.2. The Labute approximate surface area is 131 Å². The van der Waals surface area contributed by atoms with E-state index < -0.39 is 10.0 Å². The third-order valence-electron chi connectivity index (χ3n) is 4.53. The summed E-state index contributed by atoms with van der Waals surface area (Å²) in [5, 5.41) is 3.45. The monoisotopic (exact) mass is 328 g/mol. The molecule has 2 aliphatic rings. The molecule has 1 aromatic rings. The molecule has 0 atom stereocenters. The van der Waals surface area contributed by atoms with Crippen molar-refractivity contribution in [3.63, 3.8) is 0 Å². The minimum atomic E-state index is -3.33. The van der Waals surface area contributed by atoms with Gasteiger partial charge in [-0.1, -0.05) is 13.3 Å². The van der Waals surface area contributed by atoms with Crippen LogP contribution in [0.4, 0.5) is 0 Å². The molecule has 0 unspecified atom stereocenters. The van der Waals surface area contributed by atoms with Gasteiger partial charge in [0.1, 0.15) is 4.21 Å². The smallest absolute Gasteiger partial charge is 0.250 e. The number of rotatable bonds is 8. The van der Waals surface area contributed by atoms with Gasteiger partial charge in [-0.05, 0) is 49.7 Å². The second-order valence-corrected chi connectivity index (χ2v) is 9.85. The molecular weight excluding hydrogens is 304 g/mol. The molecular formula is C15H24N2O2S2. The van der Waals surface area contributed by atoms with E-state index in [1.165, 1.54) is 30.6 Å². The van der Waals surface area contributed by atoms with Crippen molar-refractivity contribution >= 4 is 21.4 Å². The Balaban J connectivity index is 1.52. The molecule has 2 saturated carbocycles. The van der Waals surface area contributed by atoms with Crippen LogP contribution in [-0.4, -0.2) is 27.5 Å². The van der Waals surface area contributed by atoms with Gasteiger partial charge < -0.3 is 5.32 Å². The third kappa shape index (κ3) is 4.06. The van der Waals surface area contributed by atoms with Crippen molar-refractivity contribution in [1.29, 1.82) is 0 Å². The van der Waals surface area contributed by atoms with Crippen LogP contribution in [0.3, 0.4) is 0 Å². The van der Waals surface area contributed by atoms with Crippen LogP contribution in [-0.2, 0) is 16.4 Å². The summed E-state index contributed by atoms with van der Waals surface area (Å²) in [7, 11) is -3.33. The first-order valence-corrected chi connectivity index (χ1v) is 10.1. The molecule has 118 valence electrons. The number of hydrogen-bond acceptors (Lipinski definition) is 4. The van der Waals surface area contributed by atoms with E-state index in [9.17, 15) is 8.42 Å². The van der Waals surface area contributed by atoms with Crippen molar-refractivity contribution in [1.82, 2.24) is 10.0 Å². The molecule has 3 rings (SSSR count). The van der Waals surface area contributed by atoms with Crippen LogP contribution < -0.4 is 10.0 Å². The molecule has 0 saturated heterocycles. The lowest BCUT2D eigenvalue weighted by molar-refractivity contribution is 0.166. The maximum atomic E-state index is 12.3. The average molecular weight is 329 g/mol. The van der Waals surface area contributed by atoms with Gasteiger partial charge in [-0.25, -0.2) is 13.1 Å². The summed E-state index contributed by atoms with van der Waals surface area (Å²) in [6.45, 7) is 3.66. The van der Waals surface area contributed by atoms with E-state index in [2.05, 4.69) is 17.0 Å². The van der Waals surface area contributed by atoms with Gasteiger partial charge in [-0.15, -0.1) is 11.3 Å². The molecule has 0 bridgehead atoms. The summed E-state index contributed by atoms with van der Waals surface area (Å²) >= 11 is 1.40. The number of sulfonamides is 1. The highest BCUT2D eigenvalue weighted by atomic mass is 32.2. The lowest BCUT2D eigenvalue weighted by Gasteiger charge is -2.38. The summed E-state index contributed by atoms with van der Waals surface area (Å²) in [5.41, 5.74) is 0.168. The van der Waals surface area contributed by atoms with Crippen LogP contribution in [0.15, 0.2) is 16.3 Å². The number of hydrogen-bond donors (Lipinski definition) is 2. The van der Waals surface area contributed by atoms with Crippen LogP contribution in [0.25, 0.3) is 0 Å². The van der Waals surface area contributed by atoms with Crippen molar-refractivity contribution in [2.75, 3.05) is 13.1 Å². The van der Waals surface area contributed by atoms with Crippen LogP contribution in [0.5, 0.6) is 0 Å². The molecule has 1 aromatic heterocycles. The Morgan fingerprint density at radius 2 is 2.10 bits per heavy atom. The standard InChI is InChI=1S/C15H24N2O2S2/c1-15(8-2-9-15)11-17-21(18,19)14-6-5-13(20-14)7-10-16-12-3-4-12/h5-6,12,16-17H,2-4,7-11H2,1H3. The van der Waals surface area contributed by atoms with E-state index in [-0.39, 0.29) is 5.41 Å². The fourth-order valence-corrected chi connectivity index (χ4v) is 5.22. The summed E-state index contributed by atoms with van der Waals surface area (Å²) in [5.74, 6) is 0. The van der Waals surface area contributed by atoms with Crippen molar-refractivity contribution in [3.8, 4) is 0 Å². The normalized spacial score (nSPS) is 21.2. The highest BCUT2D eigenvalue weighted by Crippen LogP contribution is 2.39. The maximum absolute atomic E-state index is 12.3. The van der Waals surface area contributed by atoms with Gasteiger partial charge in [0.15, 0.2) is 0 Å². The van der Waals surface area contributed by atoms with E-state index in [1.807, 2.05) is 6.07 Å². The van der Waals surface area contributed by atoms with Crippen molar-refractivity contribution in [3.05, 3.63) is 17.0 Å². The Kier molecular flexibility index (Phi) is 4.41. The Bertz CT molecular complexity index is 587. The van der Waals surface area contributed by atoms with Gasteiger partial charge in [0.05, 0.1) is 0 Å². The predicted molar refractivity (Wildman–Crippen MR) is 86.2 cm³/mol. The Morgan fingerprint density at radius 3 is 2.71 bits per heavy atom. The van der Waals surface area contributed by atoms with E-state index in [0.29, 0.717) is 16.8 Å². The zero-order chi connectivity index (χ0) is 14.9. The first-order chi connectivity index (χ1) is 9.97. The predicted octanol–water partition coefficient (Wildman–Crippen LogP) is 2.51. The topological polar surface area (TPSA) is 58.2 Å². The summed E-state index contributed by atoms with van der Waals surface area (Å²) in [6.07, 6.45) is 6.94. The van der Waals surface area contributed by atoms with Gasteiger partial charge in [0, 0.05) is 24.0 Å². The fourth-order valence-electron chi connectivity index (χ4n) is 2.62. The van der Waals surface area contributed by atoms with E-state index in [1.54, 1.807) is 6.07 Å². The van der Waals surface area contributed by atoms with Gasteiger partial charge in [-0.2, -0.15) is 0 Å². The Hall–Kier alpha value is -0.430. The van der Waals surface area contributed by atoms with Gasteiger partial charge in [-0.3, -0.25) is 0 Å². The van der Waals surface area contributed by atoms with Crippen molar-refractivity contribution in [2.45, 2.75) is 55.7 Å². The minimum absolute atomic E-state index is 0.168. The average Bonchev–Trinajstić information content (AvgIpc) is 3.10. The second kappa shape index (κ2) is 5.99. The molecule has 2 aliphatic carbocycles. The second-order valence-electron chi connectivity index (χ2n) is 6.69. The SMILES string of the molecule is CC1(CNS(=O)(=O)c2ccc(CCNC3CC3)s2)CCC1. The molecule has 0 spiro atoms. The van der Waals surface area contributed by atoms with Crippen LogP contribution in [0.2, 0.25) is 0 Å². The van der Waals surface area contributed by atoms with E-state index in [0.717, 1.165) is 30.7 Å². The van der Waals surface area contributed by atoms with Crippen molar-refractivity contribution in [2.24, 2.45) is 5.41 Å². The minimum Gasteiger partial charge on any atom is -0.314 e. The third-order valence-corrected chi connectivity index (χ3v) is 7.57. The molecule has 0 aromatic carbocycles. The number of nitrogens with one attached hydrogen (secondary N) is 2. The molecule has 1 heterocycles. The van der Waals surface area contributed by atoms with Gasteiger partial charge in [0.2, 0.25) is 10.0 Å². The lowest BCUT2D eigenvalue weighted by atomic mass is 9.71. The molecule has 4 nitrogen and oxygen atoms in total. The molecule has 0 radical (unpaired) electrons. The quantitative estimate of drug-likeness (QED) is 0.771. The van der Waals surface area contributed by atoms with Gasteiger partial charge in [0.25, 0.3) is 0 Å². The summed E-state index contributed by atoms with van der Waals surface area (Å²) in [4.78, 5) is 1.14. The zero-order valence-electron chi connectivity index (χ0n) is 12.5. The first kappa shape index (κ1) is 15.5. The first-order valence-electron chi connectivity index (χ1n) is 7.79. The van der Waals surface area contributed by atoms with Crippen molar-refractivity contribution < 1.29 is 8.42 Å². The highest BCUT2D eigenvalue weighted by molar-refractivity contribution is 7.91. The Morgan fingerprint density at radius 1 is 1.33 bits per heavy atom. The largest absolute Gasteiger partial charge is 0.314 e. The van der Waals surface area contributed by atoms with Crippen LogP contribution in [0, 0.1) is 5.41 Å². The molecule has 0 amide bonds. The molecule has 0 aliphatic heterocycles. The fraction of sp³-hybridized carbons (Fsp3) is 0.733. The summed E-state index contributed by atoms with van der Waals surface area (Å²) in [6, 6.07) is 4.39. The maximum Gasteiger partial charge on any atom is 0.250 e. The highest BCUT2D eigenvalue weighted by Gasteiger charge is 2.33. The van der Waals surface area contributed by atoms with E-state index in [4.69, 9.17) is 0 Å². The molecule has 2 N–H and O–H groups in total. The lowest BCUT2D eigenvalue weighted by Crippen LogP contribution is -2.39. The van der Waals surface area contributed by atoms with Crippen LogP contribution >= 0.6 is 11.3 Å².